The number of para-hydroxylation sites is 1. The van der Waals surface area contributed by atoms with E-state index in [0.29, 0.717) is 16.7 Å². The largest absolute Gasteiger partial charge is 0.268 e. The maximum absolute atomic E-state index is 13.1. The fourth-order valence-electron chi connectivity index (χ4n) is 2.85. The highest BCUT2D eigenvalue weighted by Gasteiger charge is 2.10. The molecule has 0 fully saturated rings. The molecule has 0 saturated carbocycles. The first-order valence-electron chi connectivity index (χ1n) is 8.39. The third-order valence-corrected chi connectivity index (χ3v) is 4.20. The lowest BCUT2D eigenvalue weighted by Gasteiger charge is -2.11. The predicted molar refractivity (Wildman–Crippen MR) is 105 cm³/mol. The van der Waals surface area contributed by atoms with Gasteiger partial charge in [0.2, 0.25) is 0 Å². The Labute approximate surface area is 151 Å². The van der Waals surface area contributed by atoms with E-state index in [1.165, 1.54) is 0 Å². The molecule has 0 aliphatic heterocycles. The maximum Gasteiger partial charge on any atom is 0.266 e. The van der Waals surface area contributed by atoms with Gasteiger partial charge in [-0.05, 0) is 55.0 Å². The lowest BCUT2D eigenvalue weighted by Crippen LogP contribution is -2.22. The summed E-state index contributed by atoms with van der Waals surface area (Å²) in [6, 6.07) is 19.1. The highest BCUT2D eigenvalue weighted by atomic mass is 16.1. The molecule has 0 N–H and O–H groups in total. The molecule has 0 aliphatic carbocycles. The van der Waals surface area contributed by atoms with E-state index in [9.17, 15) is 4.79 Å². The Morgan fingerprint density at radius 2 is 1.73 bits per heavy atom. The Bertz CT molecular complexity index is 1140. The first-order chi connectivity index (χ1) is 12.7. The van der Waals surface area contributed by atoms with E-state index in [-0.39, 0.29) is 5.56 Å². The van der Waals surface area contributed by atoms with E-state index in [4.69, 9.17) is 4.98 Å². The van der Waals surface area contributed by atoms with Crippen LogP contribution in [0.3, 0.4) is 0 Å². The van der Waals surface area contributed by atoms with Crippen LogP contribution in [0.15, 0.2) is 77.9 Å². The number of pyridine rings is 1. The van der Waals surface area contributed by atoms with Gasteiger partial charge in [-0.3, -0.25) is 14.3 Å². The van der Waals surface area contributed by atoms with Crippen LogP contribution in [0.1, 0.15) is 17.0 Å². The molecule has 2 aromatic heterocycles. The molecular formula is C22H17N3O. The third-order valence-electron chi connectivity index (χ3n) is 4.20. The summed E-state index contributed by atoms with van der Waals surface area (Å²) < 4.78 is 1.65. The summed E-state index contributed by atoms with van der Waals surface area (Å²) in [5.41, 5.74) is 3.50. The van der Waals surface area contributed by atoms with Crippen molar-refractivity contribution in [3.8, 4) is 5.69 Å². The normalized spacial score (nSPS) is 11.3. The topological polar surface area (TPSA) is 47.8 Å². The van der Waals surface area contributed by atoms with E-state index in [2.05, 4.69) is 4.98 Å². The molecule has 0 unspecified atom stereocenters. The number of nitrogens with zero attached hydrogens (tertiary/aromatic N) is 3. The number of benzene rings is 2. The van der Waals surface area contributed by atoms with Crippen molar-refractivity contribution in [3.05, 3.63) is 100 Å². The van der Waals surface area contributed by atoms with Crippen molar-refractivity contribution in [2.75, 3.05) is 0 Å². The third kappa shape index (κ3) is 3.05. The molecular weight excluding hydrogens is 322 g/mol. The van der Waals surface area contributed by atoms with Crippen LogP contribution < -0.4 is 5.56 Å². The summed E-state index contributed by atoms with van der Waals surface area (Å²) in [5.74, 6) is 0.585. The lowest BCUT2D eigenvalue weighted by atomic mass is 10.2. The molecule has 0 amide bonds. The molecule has 0 bridgehead atoms. The van der Waals surface area contributed by atoms with Crippen molar-refractivity contribution in [2.24, 2.45) is 0 Å². The fourth-order valence-corrected chi connectivity index (χ4v) is 2.85. The second kappa shape index (κ2) is 6.76. The number of hydrogen-bond donors (Lipinski definition) is 0. The van der Waals surface area contributed by atoms with Crippen molar-refractivity contribution in [3.63, 3.8) is 0 Å². The zero-order valence-corrected chi connectivity index (χ0v) is 14.3. The van der Waals surface area contributed by atoms with Crippen LogP contribution in [0, 0.1) is 6.92 Å². The second-order valence-corrected chi connectivity index (χ2v) is 6.08. The first-order valence-corrected chi connectivity index (χ1v) is 8.39. The second-order valence-electron chi connectivity index (χ2n) is 6.08. The molecule has 126 valence electrons. The van der Waals surface area contributed by atoms with Gasteiger partial charge in [-0.1, -0.05) is 35.9 Å². The molecule has 2 aromatic carbocycles. The molecule has 0 saturated heterocycles. The molecule has 4 aromatic rings. The molecule has 2 heterocycles. The Balaban J connectivity index is 1.95. The monoisotopic (exact) mass is 339 g/mol. The number of hydrogen-bond acceptors (Lipinski definition) is 3. The molecule has 4 heteroatoms. The van der Waals surface area contributed by atoms with Crippen LogP contribution in [0.5, 0.6) is 0 Å². The smallest absolute Gasteiger partial charge is 0.266 e. The van der Waals surface area contributed by atoms with Crippen molar-refractivity contribution in [2.45, 2.75) is 6.92 Å². The zero-order chi connectivity index (χ0) is 17.9. The van der Waals surface area contributed by atoms with Crippen LogP contribution in [-0.2, 0) is 0 Å². The van der Waals surface area contributed by atoms with Gasteiger partial charge in [-0.2, -0.15) is 0 Å². The van der Waals surface area contributed by atoms with Crippen molar-refractivity contribution >= 4 is 23.1 Å². The minimum absolute atomic E-state index is 0.0784. The summed E-state index contributed by atoms with van der Waals surface area (Å²) >= 11 is 0. The van der Waals surface area contributed by atoms with Crippen molar-refractivity contribution < 1.29 is 0 Å². The van der Waals surface area contributed by atoms with Gasteiger partial charge in [-0.15, -0.1) is 0 Å². The van der Waals surface area contributed by atoms with E-state index < -0.39 is 0 Å². The van der Waals surface area contributed by atoms with Gasteiger partial charge in [-0.25, -0.2) is 4.98 Å². The van der Waals surface area contributed by atoms with Crippen LogP contribution >= 0.6 is 0 Å². The Morgan fingerprint density at radius 1 is 0.923 bits per heavy atom. The standard InChI is InChI=1S/C22H17N3O/c1-16-8-11-18(12-9-16)25-21(13-10-17-5-4-14-23-15-17)24-20-7-3-2-6-19(20)22(25)26/h2-15H,1H3. The fraction of sp³-hybridized carbons (Fsp3) is 0.0455. The van der Waals surface area contributed by atoms with Crippen molar-refractivity contribution in [1.29, 1.82) is 0 Å². The SMILES string of the molecule is Cc1ccc(-n2c(C=Cc3cccnc3)nc3ccccc3c2=O)cc1. The van der Waals surface area contributed by atoms with Crippen LogP contribution in [-0.4, -0.2) is 14.5 Å². The quantitative estimate of drug-likeness (QED) is 0.560. The summed E-state index contributed by atoms with van der Waals surface area (Å²) in [6.07, 6.45) is 7.26. The number of aromatic nitrogens is 3. The lowest BCUT2D eigenvalue weighted by molar-refractivity contribution is 0.943. The molecule has 4 nitrogen and oxygen atoms in total. The van der Waals surface area contributed by atoms with E-state index in [0.717, 1.165) is 16.8 Å². The molecule has 26 heavy (non-hydrogen) atoms. The summed E-state index contributed by atoms with van der Waals surface area (Å²) in [4.78, 5) is 21.9. The minimum Gasteiger partial charge on any atom is -0.268 e. The molecule has 0 aliphatic rings. The van der Waals surface area contributed by atoms with Gasteiger partial charge in [0.05, 0.1) is 16.6 Å². The highest BCUT2D eigenvalue weighted by Crippen LogP contribution is 2.15. The Hall–Kier alpha value is -3.53. The first kappa shape index (κ1) is 16.0. The zero-order valence-electron chi connectivity index (χ0n) is 14.3. The van der Waals surface area contributed by atoms with Crippen molar-refractivity contribution in [1.82, 2.24) is 14.5 Å². The highest BCUT2D eigenvalue weighted by molar-refractivity contribution is 5.80. The van der Waals surface area contributed by atoms with E-state index >= 15 is 0 Å². The Morgan fingerprint density at radius 3 is 2.50 bits per heavy atom. The number of aryl methyl sites for hydroxylation is 1. The summed E-state index contributed by atoms with van der Waals surface area (Å²) in [6.45, 7) is 2.02. The number of rotatable bonds is 3. The van der Waals surface area contributed by atoms with Gasteiger partial charge in [0.25, 0.3) is 5.56 Å². The van der Waals surface area contributed by atoms with Gasteiger partial charge in [0, 0.05) is 12.4 Å². The minimum atomic E-state index is -0.0784. The van der Waals surface area contributed by atoms with Crippen LogP contribution in [0.25, 0.3) is 28.7 Å². The van der Waals surface area contributed by atoms with Gasteiger partial charge >= 0.3 is 0 Å². The molecule has 0 radical (unpaired) electrons. The van der Waals surface area contributed by atoms with Gasteiger partial charge in [0.1, 0.15) is 5.82 Å². The molecule has 0 spiro atoms. The maximum atomic E-state index is 13.1. The van der Waals surface area contributed by atoms with E-state index in [1.807, 2.05) is 79.7 Å². The van der Waals surface area contributed by atoms with E-state index in [1.54, 1.807) is 17.0 Å². The summed E-state index contributed by atoms with van der Waals surface area (Å²) in [5, 5.41) is 0.603. The summed E-state index contributed by atoms with van der Waals surface area (Å²) in [7, 11) is 0. The number of fused-ring (bicyclic) bond motifs is 1. The average Bonchev–Trinajstić information content (AvgIpc) is 2.68. The average molecular weight is 339 g/mol. The van der Waals surface area contributed by atoms with Crippen LogP contribution in [0.2, 0.25) is 0 Å². The Kier molecular flexibility index (Phi) is 4.15. The molecule has 0 atom stereocenters. The van der Waals surface area contributed by atoms with Crippen LogP contribution in [0.4, 0.5) is 0 Å². The predicted octanol–water partition coefficient (Wildman–Crippen LogP) is 4.26. The molecule has 4 rings (SSSR count). The van der Waals surface area contributed by atoms with Gasteiger partial charge in [0.15, 0.2) is 0 Å². The van der Waals surface area contributed by atoms with Gasteiger partial charge < -0.3 is 0 Å².